The normalized spacial score (nSPS) is 11.7. The minimum absolute atomic E-state index is 0. The zero-order valence-corrected chi connectivity index (χ0v) is 17.3. The lowest BCUT2D eigenvalue weighted by atomic mass is 10.1. The van der Waals surface area contributed by atoms with Gasteiger partial charge in [-0.2, -0.15) is 0 Å². The molecule has 2 aromatic carbocycles. The molecule has 0 aliphatic carbocycles. The topological polar surface area (TPSA) is 113 Å². The van der Waals surface area contributed by atoms with Gasteiger partial charge in [0.2, 0.25) is 11.8 Å². The summed E-state index contributed by atoms with van der Waals surface area (Å²) in [6.45, 7) is 4.01. The van der Waals surface area contributed by atoms with E-state index in [1.165, 1.54) is 0 Å². The second-order valence-electron chi connectivity index (χ2n) is 7.06. The molecule has 7 nitrogen and oxygen atoms in total. The highest BCUT2D eigenvalue weighted by Crippen LogP contribution is 2.20. The van der Waals surface area contributed by atoms with E-state index in [0.29, 0.717) is 6.54 Å². The second-order valence-corrected chi connectivity index (χ2v) is 7.06. The predicted octanol–water partition coefficient (Wildman–Crippen LogP) is 2.37. The number of fused-ring (bicyclic) bond motifs is 1. The van der Waals surface area contributed by atoms with E-state index >= 15 is 0 Å². The molecule has 154 valence electrons. The van der Waals surface area contributed by atoms with Gasteiger partial charge in [0.25, 0.3) is 0 Å². The van der Waals surface area contributed by atoms with E-state index in [1.54, 1.807) is 0 Å². The first kappa shape index (κ1) is 22.4. The van der Waals surface area contributed by atoms with E-state index in [4.69, 9.17) is 5.73 Å². The first-order chi connectivity index (χ1) is 13.4. The van der Waals surface area contributed by atoms with Crippen LogP contribution in [0, 0.1) is 5.92 Å². The average molecular weight is 416 g/mol. The van der Waals surface area contributed by atoms with Crippen LogP contribution in [0.4, 0.5) is 0 Å². The molecule has 3 aromatic rings. The summed E-state index contributed by atoms with van der Waals surface area (Å²) in [6, 6.07) is 15.1. The zero-order chi connectivity index (χ0) is 20.1. The number of para-hydroxylation sites is 2. The molecule has 5 N–H and O–H groups in total. The van der Waals surface area contributed by atoms with Gasteiger partial charge in [0, 0.05) is 12.1 Å². The first-order valence-corrected chi connectivity index (χ1v) is 9.28. The smallest absolute Gasteiger partial charge is 0.239 e. The Labute approximate surface area is 175 Å². The van der Waals surface area contributed by atoms with E-state index in [9.17, 15) is 9.59 Å². The standard InChI is InChI=1S/C21H25N5O2.ClH/c1-13(2)19(22)21(28)24-12-18(27)23-11-14-7-9-15(10-8-14)20-25-16-5-3-4-6-17(16)26-20;/h3-10,13,19H,11-12,22H2,1-2H3,(H,23,27)(H,24,28)(H,25,26);1H/t19-;/m0./s1. The number of hydrogen-bond donors (Lipinski definition) is 4. The molecule has 1 aromatic heterocycles. The lowest BCUT2D eigenvalue weighted by Crippen LogP contribution is -2.47. The van der Waals surface area contributed by atoms with Crippen LogP contribution < -0.4 is 16.4 Å². The van der Waals surface area contributed by atoms with Gasteiger partial charge >= 0.3 is 0 Å². The zero-order valence-electron chi connectivity index (χ0n) is 16.4. The maximum Gasteiger partial charge on any atom is 0.239 e. The van der Waals surface area contributed by atoms with Crippen LogP contribution in [0.25, 0.3) is 22.4 Å². The molecule has 0 radical (unpaired) electrons. The Morgan fingerprint density at radius 1 is 1.07 bits per heavy atom. The number of amides is 2. The van der Waals surface area contributed by atoms with Crippen LogP contribution in [0.3, 0.4) is 0 Å². The number of halogens is 1. The number of nitrogens with one attached hydrogen (secondary N) is 3. The highest BCUT2D eigenvalue weighted by atomic mass is 35.5. The summed E-state index contributed by atoms with van der Waals surface area (Å²) in [7, 11) is 0. The number of H-pyrrole nitrogens is 1. The van der Waals surface area contributed by atoms with Crippen molar-refractivity contribution in [1.29, 1.82) is 0 Å². The largest absolute Gasteiger partial charge is 0.350 e. The first-order valence-electron chi connectivity index (χ1n) is 9.28. The Bertz CT molecular complexity index is 936. The van der Waals surface area contributed by atoms with Crippen molar-refractivity contribution >= 4 is 35.3 Å². The maximum atomic E-state index is 11.9. The molecule has 0 bridgehead atoms. The molecule has 8 heteroatoms. The van der Waals surface area contributed by atoms with Gasteiger partial charge < -0.3 is 21.4 Å². The molecular weight excluding hydrogens is 390 g/mol. The SMILES string of the molecule is CC(C)[C@H](N)C(=O)NCC(=O)NCc1ccc(-c2nc3ccccc3[nH]2)cc1.Cl. The third-order valence-electron chi connectivity index (χ3n) is 4.55. The van der Waals surface area contributed by atoms with Gasteiger partial charge in [-0.25, -0.2) is 4.98 Å². The number of aromatic nitrogens is 2. The monoisotopic (exact) mass is 415 g/mol. The number of hydrogen-bond acceptors (Lipinski definition) is 4. The van der Waals surface area contributed by atoms with Crippen LogP contribution in [0.5, 0.6) is 0 Å². The fourth-order valence-electron chi connectivity index (χ4n) is 2.72. The molecule has 1 atom stereocenters. The second kappa shape index (κ2) is 10.0. The number of rotatable bonds is 7. The van der Waals surface area contributed by atoms with Crippen molar-refractivity contribution in [2.24, 2.45) is 11.7 Å². The number of nitrogens with two attached hydrogens (primary N) is 1. The van der Waals surface area contributed by atoms with Gasteiger partial charge in [-0.15, -0.1) is 12.4 Å². The Morgan fingerprint density at radius 3 is 2.41 bits per heavy atom. The van der Waals surface area contributed by atoms with Crippen molar-refractivity contribution in [3.8, 4) is 11.4 Å². The molecule has 0 fully saturated rings. The summed E-state index contributed by atoms with van der Waals surface area (Å²) in [5.41, 5.74) is 9.59. The Morgan fingerprint density at radius 2 is 1.76 bits per heavy atom. The quantitative estimate of drug-likeness (QED) is 0.474. The fourth-order valence-corrected chi connectivity index (χ4v) is 2.72. The highest BCUT2D eigenvalue weighted by molar-refractivity contribution is 5.87. The summed E-state index contributed by atoms with van der Waals surface area (Å²) >= 11 is 0. The minimum atomic E-state index is -0.612. The van der Waals surface area contributed by atoms with Crippen molar-refractivity contribution in [2.45, 2.75) is 26.4 Å². The Hall–Kier alpha value is -2.90. The van der Waals surface area contributed by atoms with Crippen molar-refractivity contribution in [2.75, 3.05) is 6.54 Å². The molecule has 3 rings (SSSR count). The van der Waals surface area contributed by atoms with E-state index in [-0.39, 0.29) is 36.7 Å². The van der Waals surface area contributed by atoms with Crippen LogP contribution in [-0.2, 0) is 16.1 Å². The third-order valence-corrected chi connectivity index (χ3v) is 4.55. The van der Waals surface area contributed by atoms with Crippen LogP contribution in [0.15, 0.2) is 48.5 Å². The van der Waals surface area contributed by atoms with Crippen molar-refractivity contribution in [3.05, 3.63) is 54.1 Å². The lowest BCUT2D eigenvalue weighted by molar-refractivity contribution is -0.127. The fraction of sp³-hybridized carbons (Fsp3) is 0.286. The molecule has 0 saturated carbocycles. The Balaban J connectivity index is 0.00000300. The van der Waals surface area contributed by atoms with Gasteiger partial charge in [0.05, 0.1) is 23.6 Å². The Kier molecular flexibility index (Phi) is 7.75. The molecule has 2 amide bonds. The predicted molar refractivity (Wildman–Crippen MR) is 116 cm³/mol. The maximum absolute atomic E-state index is 11.9. The van der Waals surface area contributed by atoms with Crippen molar-refractivity contribution < 1.29 is 9.59 Å². The minimum Gasteiger partial charge on any atom is -0.350 e. The summed E-state index contributed by atoms with van der Waals surface area (Å²) in [5, 5.41) is 5.34. The molecule has 0 unspecified atom stereocenters. The number of imidazole rings is 1. The summed E-state index contributed by atoms with van der Waals surface area (Å²) in [5.74, 6) is 0.250. The third kappa shape index (κ3) is 5.79. The van der Waals surface area contributed by atoms with Crippen LogP contribution in [-0.4, -0.2) is 34.4 Å². The van der Waals surface area contributed by atoms with Gasteiger partial charge in [0.1, 0.15) is 5.82 Å². The van der Waals surface area contributed by atoms with E-state index in [1.807, 2.05) is 62.4 Å². The molecule has 1 heterocycles. The van der Waals surface area contributed by atoms with Gasteiger partial charge in [0.15, 0.2) is 0 Å². The van der Waals surface area contributed by atoms with Crippen molar-refractivity contribution in [1.82, 2.24) is 20.6 Å². The molecule has 0 saturated heterocycles. The van der Waals surface area contributed by atoms with Gasteiger partial charge in [-0.05, 0) is 23.6 Å². The number of aromatic amines is 1. The lowest BCUT2D eigenvalue weighted by Gasteiger charge is -2.15. The molecule has 0 spiro atoms. The highest BCUT2D eigenvalue weighted by Gasteiger charge is 2.17. The summed E-state index contributed by atoms with van der Waals surface area (Å²) in [6.07, 6.45) is 0. The number of carbonyl (C=O) groups is 2. The van der Waals surface area contributed by atoms with Crippen LogP contribution in [0.1, 0.15) is 19.4 Å². The summed E-state index contributed by atoms with van der Waals surface area (Å²) < 4.78 is 0. The molecular formula is C21H26ClN5O2. The number of benzene rings is 2. The molecule has 0 aliphatic heterocycles. The van der Waals surface area contributed by atoms with E-state index in [2.05, 4.69) is 20.6 Å². The molecule has 29 heavy (non-hydrogen) atoms. The van der Waals surface area contributed by atoms with Crippen molar-refractivity contribution in [3.63, 3.8) is 0 Å². The molecule has 0 aliphatic rings. The van der Waals surface area contributed by atoms with E-state index in [0.717, 1.165) is 28.0 Å². The van der Waals surface area contributed by atoms with Crippen LogP contribution in [0.2, 0.25) is 0 Å². The average Bonchev–Trinajstić information content (AvgIpc) is 3.14. The number of carbonyl (C=O) groups excluding carboxylic acids is 2. The van der Waals surface area contributed by atoms with Gasteiger partial charge in [-0.1, -0.05) is 50.2 Å². The van der Waals surface area contributed by atoms with E-state index < -0.39 is 6.04 Å². The van der Waals surface area contributed by atoms with Crippen LogP contribution >= 0.6 is 12.4 Å². The number of nitrogens with zero attached hydrogens (tertiary/aromatic N) is 1. The van der Waals surface area contributed by atoms with Gasteiger partial charge in [-0.3, -0.25) is 9.59 Å². The summed E-state index contributed by atoms with van der Waals surface area (Å²) in [4.78, 5) is 31.6.